The Morgan fingerprint density at radius 1 is 1.41 bits per heavy atom. The molecule has 1 fully saturated rings. The summed E-state index contributed by atoms with van der Waals surface area (Å²) in [7, 11) is 0. The van der Waals surface area contributed by atoms with Gasteiger partial charge >= 0.3 is 5.69 Å². The van der Waals surface area contributed by atoms with Gasteiger partial charge in [-0.1, -0.05) is 0 Å². The standard InChI is InChI=1S/C9H13N3O5/c10-3-4-6(14)7(15)8(17-4)12-2-1-5(13)11-9(12)16/h1-2,4,6-8,14-15H,3,10H2,(H,11,13,16)/t4-,6?,7?,8-/m0/s1. The van der Waals surface area contributed by atoms with Crippen LogP contribution in [0.15, 0.2) is 21.9 Å². The maximum Gasteiger partial charge on any atom is 0.330 e. The smallest absolute Gasteiger partial charge is 0.330 e. The van der Waals surface area contributed by atoms with Crippen molar-refractivity contribution in [2.24, 2.45) is 5.73 Å². The Morgan fingerprint density at radius 2 is 2.12 bits per heavy atom. The molecule has 5 N–H and O–H groups in total. The molecule has 2 rings (SSSR count). The van der Waals surface area contributed by atoms with Crippen molar-refractivity contribution in [1.29, 1.82) is 0 Å². The van der Waals surface area contributed by atoms with Gasteiger partial charge in [-0.15, -0.1) is 0 Å². The molecule has 94 valence electrons. The number of aromatic nitrogens is 2. The van der Waals surface area contributed by atoms with E-state index in [1.807, 2.05) is 4.98 Å². The molecule has 0 bridgehead atoms. The number of aliphatic hydroxyl groups excluding tert-OH is 2. The van der Waals surface area contributed by atoms with Gasteiger partial charge in [0.1, 0.15) is 18.3 Å². The molecule has 0 spiro atoms. The molecule has 8 heteroatoms. The van der Waals surface area contributed by atoms with Crippen molar-refractivity contribution in [2.75, 3.05) is 6.54 Å². The second-order valence-electron chi connectivity index (χ2n) is 3.80. The van der Waals surface area contributed by atoms with E-state index >= 15 is 0 Å². The first kappa shape index (κ1) is 12.0. The van der Waals surface area contributed by atoms with Crippen molar-refractivity contribution in [3.8, 4) is 0 Å². The Hall–Kier alpha value is -1.48. The minimum Gasteiger partial charge on any atom is -0.387 e. The third-order valence-corrected chi connectivity index (χ3v) is 2.69. The fourth-order valence-corrected chi connectivity index (χ4v) is 1.78. The lowest BCUT2D eigenvalue weighted by Crippen LogP contribution is -2.38. The van der Waals surface area contributed by atoms with Gasteiger partial charge < -0.3 is 20.7 Å². The highest BCUT2D eigenvalue weighted by molar-refractivity contribution is 4.93. The van der Waals surface area contributed by atoms with Gasteiger partial charge in [0, 0.05) is 18.8 Å². The van der Waals surface area contributed by atoms with E-state index in [0.29, 0.717) is 0 Å². The summed E-state index contributed by atoms with van der Waals surface area (Å²) < 4.78 is 6.26. The minimum atomic E-state index is -1.27. The summed E-state index contributed by atoms with van der Waals surface area (Å²) in [5, 5.41) is 19.3. The number of nitrogens with two attached hydrogens (primary N) is 1. The molecule has 8 nitrogen and oxygen atoms in total. The van der Waals surface area contributed by atoms with Crippen LogP contribution in [-0.2, 0) is 4.74 Å². The van der Waals surface area contributed by atoms with E-state index in [1.165, 1.54) is 6.20 Å². The highest BCUT2D eigenvalue weighted by Gasteiger charge is 2.43. The number of H-pyrrole nitrogens is 1. The molecular formula is C9H13N3O5. The van der Waals surface area contributed by atoms with Crippen molar-refractivity contribution in [3.05, 3.63) is 33.1 Å². The first-order valence-electron chi connectivity index (χ1n) is 5.07. The topological polar surface area (TPSA) is 131 Å². The lowest BCUT2D eigenvalue weighted by molar-refractivity contribution is -0.0372. The molecule has 1 aliphatic rings. The van der Waals surface area contributed by atoms with E-state index in [-0.39, 0.29) is 6.54 Å². The number of hydrogen-bond acceptors (Lipinski definition) is 6. The zero-order valence-corrected chi connectivity index (χ0v) is 8.81. The first-order valence-corrected chi connectivity index (χ1v) is 5.07. The molecule has 1 aromatic rings. The molecule has 0 saturated carbocycles. The Balaban J connectivity index is 2.35. The summed E-state index contributed by atoms with van der Waals surface area (Å²) in [6.45, 7) is 0.0207. The fraction of sp³-hybridized carbons (Fsp3) is 0.556. The first-order chi connectivity index (χ1) is 8.04. The fourth-order valence-electron chi connectivity index (χ4n) is 1.78. The SMILES string of the molecule is NC[C@@H]1O[C@H](n2ccc(=O)[nH]c2=O)C(O)C1O. The van der Waals surface area contributed by atoms with Crippen LogP contribution in [0.5, 0.6) is 0 Å². The highest BCUT2D eigenvalue weighted by atomic mass is 16.6. The van der Waals surface area contributed by atoms with E-state index in [9.17, 15) is 19.8 Å². The second kappa shape index (κ2) is 4.41. The van der Waals surface area contributed by atoms with E-state index in [2.05, 4.69) is 0 Å². The maximum absolute atomic E-state index is 11.5. The third-order valence-electron chi connectivity index (χ3n) is 2.69. The summed E-state index contributed by atoms with van der Waals surface area (Å²) in [6.07, 6.45) is -3.03. The molecule has 0 amide bonds. The van der Waals surface area contributed by atoms with Gasteiger partial charge in [0.15, 0.2) is 6.23 Å². The minimum absolute atomic E-state index is 0.0207. The third kappa shape index (κ3) is 2.03. The summed E-state index contributed by atoms with van der Waals surface area (Å²) in [6, 6.07) is 1.12. The lowest BCUT2D eigenvalue weighted by atomic mass is 10.1. The van der Waals surface area contributed by atoms with Crippen LogP contribution < -0.4 is 17.0 Å². The molecular weight excluding hydrogens is 230 g/mol. The van der Waals surface area contributed by atoms with Crippen LogP contribution >= 0.6 is 0 Å². The number of aromatic amines is 1. The molecule has 2 heterocycles. The van der Waals surface area contributed by atoms with Gasteiger partial charge in [0.05, 0.1) is 0 Å². The number of aliphatic hydroxyl groups is 2. The predicted octanol–water partition coefficient (Wildman–Crippen LogP) is -2.89. The number of ether oxygens (including phenoxy) is 1. The van der Waals surface area contributed by atoms with Crippen LogP contribution in [-0.4, -0.2) is 44.6 Å². The predicted molar refractivity (Wildman–Crippen MR) is 56.3 cm³/mol. The second-order valence-corrected chi connectivity index (χ2v) is 3.80. The van der Waals surface area contributed by atoms with Gasteiger partial charge in [0.25, 0.3) is 5.56 Å². The van der Waals surface area contributed by atoms with Gasteiger partial charge in [0.2, 0.25) is 0 Å². The molecule has 1 saturated heterocycles. The summed E-state index contributed by atoms with van der Waals surface area (Å²) in [5.41, 5.74) is 4.08. The largest absolute Gasteiger partial charge is 0.387 e. The quantitative estimate of drug-likeness (QED) is 0.441. The van der Waals surface area contributed by atoms with Crippen LogP contribution in [0.4, 0.5) is 0 Å². The van der Waals surface area contributed by atoms with E-state index in [1.54, 1.807) is 0 Å². The Labute approximate surface area is 95.3 Å². The lowest BCUT2D eigenvalue weighted by Gasteiger charge is -2.16. The molecule has 0 radical (unpaired) electrons. The number of rotatable bonds is 2. The molecule has 2 unspecified atom stereocenters. The van der Waals surface area contributed by atoms with E-state index in [4.69, 9.17) is 10.5 Å². The number of nitrogens with one attached hydrogen (secondary N) is 1. The van der Waals surface area contributed by atoms with Crippen LogP contribution in [0.1, 0.15) is 6.23 Å². The van der Waals surface area contributed by atoms with Crippen LogP contribution in [0.3, 0.4) is 0 Å². The molecule has 17 heavy (non-hydrogen) atoms. The van der Waals surface area contributed by atoms with Gasteiger partial charge in [-0.2, -0.15) is 0 Å². The van der Waals surface area contributed by atoms with Crippen molar-refractivity contribution >= 4 is 0 Å². The summed E-state index contributed by atoms with van der Waals surface area (Å²) in [4.78, 5) is 24.4. The Kier molecular flexibility index (Phi) is 3.11. The normalized spacial score (nSPS) is 32.9. The molecule has 0 aliphatic carbocycles. The monoisotopic (exact) mass is 243 g/mol. The zero-order valence-electron chi connectivity index (χ0n) is 8.81. The highest BCUT2D eigenvalue weighted by Crippen LogP contribution is 2.27. The molecule has 1 aliphatic heterocycles. The summed E-state index contributed by atoms with van der Waals surface area (Å²) in [5.74, 6) is 0. The van der Waals surface area contributed by atoms with Gasteiger partial charge in [-0.05, 0) is 0 Å². The summed E-state index contributed by atoms with van der Waals surface area (Å²) >= 11 is 0. The maximum atomic E-state index is 11.5. The van der Waals surface area contributed by atoms with Gasteiger partial charge in [-0.3, -0.25) is 14.3 Å². The van der Waals surface area contributed by atoms with E-state index in [0.717, 1.165) is 10.6 Å². The molecule has 0 aromatic carbocycles. The van der Waals surface area contributed by atoms with Crippen molar-refractivity contribution in [1.82, 2.24) is 9.55 Å². The van der Waals surface area contributed by atoms with Crippen molar-refractivity contribution < 1.29 is 14.9 Å². The average Bonchev–Trinajstić information content (AvgIpc) is 2.57. The zero-order chi connectivity index (χ0) is 12.6. The van der Waals surface area contributed by atoms with Crippen molar-refractivity contribution in [3.63, 3.8) is 0 Å². The Morgan fingerprint density at radius 3 is 2.65 bits per heavy atom. The van der Waals surface area contributed by atoms with Crippen molar-refractivity contribution in [2.45, 2.75) is 24.5 Å². The van der Waals surface area contributed by atoms with Crippen LogP contribution in [0.2, 0.25) is 0 Å². The average molecular weight is 243 g/mol. The molecule has 4 atom stereocenters. The number of hydrogen-bond donors (Lipinski definition) is 4. The van der Waals surface area contributed by atoms with E-state index < -0.39 is 35.8 Å². The van der Waals surface area contributed by atoms with Crippen LogP contribution in [0.25, 0.3) is 0 Å². The number of nitrogens with zero attached hydrogens (tertiary/aromatic N) is 1. The molecule has 1 aromatic heterocycles. The van der Waals surface area contributed by atoms with Crippen LogP contribution in [0, 0.1) is 0 Å². The van der Waals surface area contributed by atoms with Gasteiger partial charge in [-0.25, -0.2) is 4.79 Å². The Bertz CT molecular complexity index is 510.